The third-order valence-corrected chi connectivity index (χ3v) is 5.69. The van der Waals surface area contributed by atoms with Crippen LogP contribution in [0.2, 0.25) is 0 Å². The maximum atomic E-state index is 12.7. The fraction of sp³-hybridized carbons (Fsp3) is 0.292. The minimum absolute atomic E-state index is 0.0511. The SMILES string of the molecule is CC(NC(=O)C(CC(=O)O)NC(=O)OCC1c2ccccc2-c2ccccc21)c1ncn(C)n1. The molecule has 0 saturated carbocycles. The van der Waals surface area contributed by atoms with Gasteiger partial charge in [-0.15, -0.1) is 0 Å². The summed E-state index contributed by atoms with van der Waals surface area (Å²) in [4.78, 5) is 40.6. The zero-order valence-electron chi connectivity index (χ0n) is 18.8. The first-order chi connectivity index (χ1) is 16.3. The Morgan fingerprint density at radius 3 is 2.24 bits per heavy atom. The summed E-state index contributed by atoms with van der Waals surface area (Å²) in [7, 11) is 1.69. The average Bonchev–Trinajstić information content (AvgIpc) is 3.38. The van der Waals surface area contributed by atoms with Crippen LogP contribution < -0.4 is 10.6 Å². The lowest BCUT2D eigenvalue weighted by molar-refractivity contribution is -0.140. The molecule has 2 unspecified atom stereocenters. The molecule has 1 heterocycles. The number of hydrogen-bond donors (Lipinski definition) is 3. The second kappa shape index (κ2) is 9.74. The largest absolute Gasteiger partial charge is 0.481 e. The summed E-state index contributed by atoms with van der Waals surface area (Å²) in [5.74, 6) is -1.69. The van der Waals surface area contributed by atoms with E-state index in [4.69, 9.17) is 4.74 Å². The molecule has 0 aliphatic heterocycles. The van der Waals surface area contributed by atoms with Crippen LogP contribution in [0.4, 0.5) is 4.79 Å². The standard InChI is InChI=1S/C24H25N5O5/c1-14(22-25-13-29(2)28-22)26-23(32)20(11-21(30)31)27-24(33)34-12-19-17-9-5-3-7-15(17)16-8-4-6-10-18(16)19/h3-10,13-14,19-20H,11-12H2,1-2H3,(H,26,32)(H,27,33)(H,30,31). The zero-order chi connectivity index (χ0) is 24.2. The van der Waals surface area contributed by atoms with Crippen LogP contribution in [0.1, 0.15) is 42.3 Å². The highest BCUT2D eigenvalue weighted by Gasteiger charge is 2.30. The van der Waals surface area contributed by atoms with Crippen molar-refractivity contribution in [1.29, 1.82) is 0 Å². The van der Waals surface area contributed by atoms with Gasteiger partial charge in [0.25, 0.3) is 0 Å². The van der Waals surface area contributed by atoms with Gasteiger partial charge >= 0.3 is 12.1 Å². The molecule has 176 valence electrons. The monoisotopic (exact) mass is 463 g/mol. The number of ether oxygens (including phenoxy) is 1. The third-order valence-electron chi connectivity index (χ3n) is 5.69. The van der Waals surface area contributed by atoms with Crippen molar-refractivity contribution in [2.45, 2.75) is 31.3 Å². The number of rotatable bonds is 8. The van der Waals surface area contributed by atoms with E-state index < -0.39 is 36.5 Å². The van der Waals surface area contributed by atoms with E-state index in [1.165, 1.54) is 11.0 Å². The molecule has 10 heteroatoms. The van der Waals surface area contributed by atoms with Gasteiger partial charge in [-0.05, 0) is 29.2 Å². The second-order valence-electron chi connectivity index (χ2n) is 8.13. The average molecular weight is 463 g/mol. The van der Waals surface area contributed by atoms with E-state index in [2.05, 4.69) is 20.7 Å². The van der Waals surface area contributed by atoms with Gasteiger partial charge in [-0.1, -0.05) is 48.5 Å². The Bertz CT molecular complexity index is 1180. The van der Waals surface area contributed by atoms with Gasteiger partial charge < -0.3 is 20.5 Å². The van der Waals surface area contributed by atoms with Crippen molar-refractivity contribution in [2.75, 3.05) is 6.61 Å². The van der Waals surface area contributed by atoms with Crippen molar-refractivity contribution < 1.29 is 24.2 Å². The first-order valence-corrected chi connectivity index (χ1v) is 10.8. The van der Waals surface area contributed by atoms with Crippen LogP contribution in [0, 0.1) is 0 Å². The third kappa shape index (κ3) is 4.90. The number of nitrogens with zero attached hydrogens (tertiary/aromatic N) is 3. The highest BCUT2D eigenvalue weighted by Crippen LogP contribution is 2.44. The first-order valence-electron chi connectivity index (χ1n) is 10.8. The van der Waals surface area contributed by atoms with Gasteiger partial charge in [-0.25, -0.2) is 9.78 Å². The summed E-state index contributed by atoms with van der Waals surface area (Å²) in [6.07, 6.45) is 0.0203. The van der Waals surface area contributed by atoms with Crippen LogP contribution in [0.15, 0.2) is 54.9 Å². The molecule has 0 fully saturated rings. The fourth-order valence-electron chi connectivity index (χ4n) is 4.10. The molecule has 1 aliphatic carbocycles. The highest BCUT2D eigenvalue weighted by atomic mass is 16.5. The minimum Gasteiger partial charge on any atom is -0.481 e. The number of carboxylic acids is 1. The number of amides is 2. The van der Waals surface area contributed by atoms with E-state index in [1.807, 2.05) is 48.5 Å². The van der Waals surface area contributed by atoms with E-state index in [9.17, 15) is 19.5 Å². The normalized spacial score (nSPS) is 13.9. The number of alkyl carbamates (subject to hydrolysis) is 1. The van der Waals surface area contributed by atoms with Crippen LogP contribution in [0.25, 0.3) is 11.1 Å². The van der Waals surface area contributed by atoms with Gasteiger partial charge in [0.2, 0.25) is 5.91 Å². The lowest BCUT2D eigenvalue weighted by atomic mass is 9.98. The number of fused-ring (bicyclic) bond motifs is 3. The predicted octanol–water partition coefficient (Wildman–Crippen LogP) is 2.37. The van der Waals surface area contributed by atoms with Crippen LogP contribution in [0.3, 0.4) is 0 Å². The zero-order valence-corrected chi connectivity index (χ0v) is 18.8. The summed E-state index contributed by atoms with van der Waals surface area (Å²) < 4.78 is 6.93. The fourth-order valence-corrected chi connectivity index (χ4v) is 4.10. The molecule has 3 aromatic rings. The molecule has 0 spiro atoms. The molecule has 2 aromatic carbocycles. The molecular weight excluding hydrogens is 438 g/mol. The van der Waals surface area contributed by atoms with Gasteiger partial charge in [-0.3, -0.25) is 14.3 Å². The van der Waals surface area contributed by atoms with Crippen molar-refractivity contribution in [1.82, 2.24) is 25.4 Å². The molecule has 0 radical (unpaired) electrons. The quantitative estimate of drug-likeness (QED) is 0.467. The van der Waals surface area contributed by atoms with Crippen molar-refractivity contribution in [3.63, 3.8) is 0 Å². The van der Waals surface area contributed by atoms with Crippen molar-refractivity contribution in [3.05, 3.63) is 71.8 Å². The molecule has 34 heavy (non-hydrogen) atoms. The minimum atomic E-state index is -1.32. The molecule has 0 bridgehead atoms. The summed E-state index contributed by atoms with van der Waals surface area (Å²) in [6, 6.07) is 13.9. The molecule has 10 nitrogen and oxygen atoms in total. The van der Waals surface area contributed by atoms with E-state index >= 15 is 0 Å². The van der Waals surface area contributed by atoms with Crippen molar-refractivity contribution in [2.24, 2.45) is 7.05 Å². The van der Waals surface area contributed by atoms with Crippen LogP contribution in [0.5, 0.6) is 0 Å². The maximum absolute atomic E-state index is 12.7. The Labute approximate surface area is 196 Å². The number of aryl methyl sites for hydroxylation is 1. The van der Waals surface area contributed by atoms with Gasteiger partial charge in [0.15, 0.2) is 5.82 Å². The lowest BCUT2D eigenvalue weighted by Crippen LogP contribution is -2.48. The van der Waals surface area contributed by atoms with Gasteiger partial charge in [0.1, 0.15) is 19.0 Å². The van der Waals surface area contributed by atoms with Crippen LogP contribution >= 0.6 is 0 Å². The number of carbonyl (C=O) groups is 3. The number of aromatic nitrogens is 3. The van der Waals surface area contributed by atoms with Gasteiger partial charge in [-0.2, -0.15) is 5.10 Å². The lowest BCUT2D eigenvalue weighted by Gasteiger charge is -2.20. The molecule has 1 aromatic heterocycles. The Morgan fingerprint density at radius 1 is 1.06 bits per heavy atom. The predicted molar refractivity (Wildman–Crippen MR) is 122 cm³/mol. The number of carbonyl (C=O) groups excluding carboxylic acids is 2. The molecule has 0 saturated heterocycles. The van der Waals surface area contributed by atoms with Crippen molar-refractivity contribution >= 4 is 18.0 Å². The topological polar surface area (TPSA) is 135 Å². The Balaban J connectivity index is 1.40. The van der Waals surface area contributed by atoms with Gasteiger partial charge in [0, 0.05) is 13.0 Å². The smallest absolute Gasteiger partial charge is 0.407 e. The van der Waals surface area contributed by atoms with Crippen LogP contribution in [-0.2, 0) is 21.4 Å². The molecular formula is C24H25N5O5. The van der Waals surface area contributed by atoms with E-state index in [0.717, 1.165) is 22.3 Å². The second-order valence-corrected chi connectivity index (χ2v) is 8.13. The summed E-state index contributed by atoms with van der Waals surface area (Å²) in [5.41, 5.74) is 4.28. The number of nitrogens with one attached hydrogen (secondary N) is 2. The van der Waals surface area contributed by atoms with E-state index in [1.54, 1.807) is 14.0 Å². The Morgan fingerprint density at radius 2 is 1.68 bits per heavy atom. The van der Waals surface area contributed by atoms with Crippen molar-refractivity contribution in [3.8, 4) is 11.1 Å². The molecule has 2 atom stereocenters. The highest BCUT2D eigenvalue weighted by molar-refractivity contribution is 5.89. The molecule has 4 rings (SSSR count). The maximum Gasteiger partial charge on any atom is 0.407 e. The molecule has 1 aliphatic rings. The summed E-state index contributed by atoms with van der Waals surface area (Å²) in [5, 5.41) is 18.4. The van der Waals surface area contributed by atoms with E-state index in [0.29, 0.717) is 5.82 Å². The molecule has 3 N–H and O–H groups in total. The summed E-state index contributed by atoms with van der Waals surface area (Å²) in [6.45, 7) is 1.72. The number of benzene rings is 2. The summed E-state index contributed by atoms with van der Waals surface area (Å²) >= 11 is 0. The number of aliphatic carboxylic acids is 1. The molecule has 2 amide bonds. The van der Waals surface area contributed by atoms with E-state index in [-0.39, 0.29) is 12.5 Å². The number of carboxylic acid groups (broad SMARTS) is 1. The van der Waals surface area contributed by atoms with Crippen LogP contribution in [-0.4, -0.2) is 50.5 Å². The first kappa shape index (κ1) is 23.0. The number of hydrogen-bond acceptors (Lipinski definition) is 6. The Kier molecular flexibility index (Phi) is 6.58. The Hall–Kier alpha value is -4.21. The van der Waals surface area contributed by atoms with Gasteiger partial charge in [0.05, 0.1) is 12.5 Å².